The first kappa shape index (κ1) is 14.9. The van der Waals surface area contributed by atoms with Gasteiger partial charge < -0.3 is 0 Å². The molecule has 0 N–H and O–H groups in total. The van der Waals surface area contributed by atoms with Crippen LogP contribution < -0.4 is 0 Å². The van der Waals surface area contributed by atoms with E-state index in [-0.39, 0.29) is 5.75 Å². The van der Waals surface area contributed by atoms with Crippen molar-refractivity contribution in [2.24, 2.45) is 0 Å². The largest absolute Gasteiger partial charge is 0.224 e. The molecule has 0 saturated heterocycles. The second-order valence-electron chi connectivity index (χ2n) is 3.66. The minimum absolute atomic E-state index is 0.208. The van der Waals surface area contributed by atoms with Crippen LogP contribution in [0.5, 0.6) is 0 Å². The maximum Gasteiger partial charge on any atom is 0.179 e. The molecular formula is C12H17ClO2S2. The monoisotopic (exact) mass is 292 g/mol. The highest BCUT2D eigenvalue weighted by molar-refractivity contribution is 8.00. The van der Waals surface area contributed by atoms with E-state index in [2.05, 4.69) is 0 Å². The molecule has 0 atom stereocenters. The number of benzene rings is 1. The van der Waals surface area contributed by atoms with Crippen LogP contribution in [0.1, 0.15) is 19.8 Å². The van der Waals surface area contributed by atoms with Crippen molar-refractivity contribution in [1.29, 1.82) is 0 Å². The molecule has 1 aromatic carbocycles. The zero-order chi connectivity index (χ0) is 12.7. The van der Waals surface area contributed by atoms with Crippen LogP contribution in [-0.4, -0.2) is 25.8 Å². The van der Waals surface area contributed by atoms with Crippen molar-refractivity contribution in [2.75, 3.05) is 17.4 Å². The van der Waals surface area contributed by atoms with Gasteiger partial charge in [0.25, 0.3) is 0 Å². The van der Waals surface area contributed by atoms with Crippen molar-refractivity contribution in [3.63, 3.8) is 0 Å². The summed E-state index contributed by atoms with van der Waals surface area (Å²) in [4.78, 5) is 1.30. The van der Waals surface area contributed by atoms with Gasteiger partial charge in [-0.3, -0.25) is 0 Å². The summed E-state index contributed by atoms with van der Waals surface area (Å²) in [6.45, 7) is 1.88. The molecule has 1 aromatic rings. The topological polar surface area (TPSA) is 34.1 Å². The van der Waals surface area contributed by atoms with E-state index in [9.17, 15) is 8.42 Å². The van der Waals surface area contributed by atoms with Gasteiger partial charge in [-0.1, -0.05) is 19.1 Å². The Morgan fingerprint density at radius 2 is 2.00 bits per heavy atom. The number of halogens is 1. The summed E-state index contributed by atoms with van der Waals surface area (Å²) in [5, 5.41) is 0. The average molecular weight is 293 g/mol. The normalized spacial score (nSPS) is 11.6. The first-order chi connectivity index (χ1) is 8.11. The average Bonchev–Trinajstić information content (AvgIpc) is 2.30. The Hall–Kier alpha value is -0.190. The molecule has 0 unspecified atom stereocenters. The third kappa shape index (κ3) is 4.53. The molecule has 0 fully saturated rings. The zero-order valence-corrected chi connectivity index (χ0v) is 12.2. The molecule has 0 amide bonds. The maximum atomic E-state index is 12.0. The molecule has 0 aliphatic heterocycles. The van der Waals surface area contributed by atoms with Crippen molar-refractivity contribution < 1.29 is 8.42 Å². The van der Waals surface area contributed by atoms with Gasteiger partial charge in [0.1, 0.15) is 0 Å². The molecule has 1 rings (SSSR count). The molecule has 0 bridgehead atoms. The van der Waals surface area contributed by atoms with Crippen molar-refractivity contribution >= 4 is 33.2 Å². The summed E-state index contributed by atoms with van der Waals surface area (Å²) >= 11 is 7.18. The number of hydrogen-bond donors (Lipinski definition) is 0. The lowest BCUT2D eigenvalue weighted by atomic mass is 10.4. The third-order valence-corrected chi connectivity index (χ3v) is 5.72. The predicted octanol–water partition coefficient (Wildman–Crippen LogP) is 3.59. The fourth-order valence-electron chi connectivity index (χ4n) is 1.44. The van der Waals surface area contributed by atoms with Crippen LogP contribution in [0.3, 0.4) is 0 Å². The van der Waals surface area contributed by atoms with E-state index in [0.717, 1.165) is 17.1 Å². The zero-order valence-electron chi connectivity index (χ0n) is 9.86. The van der Waals surface area contributed by atoms with Gasteiger partial charge >= 0.3 is 0 Å². The van der Waals surface area contributed by atoms with E-state index in [1.807, 2.05) is 19.1 Å². The first-order valence-corrected chi connectivity index (χ1v) is 8.79. The quantitative estimate of drug-likeness (QED) is 0.437. The van der Waals surface area contributed by atoms with Crippen LogP contribution in [0.25, 0.3) is 0 Å². The Morgan fingerprint density at radius 1 is 1.29 bits per heavy atom. The lowest BCUT2D eigenvalue weighted by Gasteiger charge is -2.08. The predicted molar refractivity (Wildman–Crippen MR) is 74.8 cm³/mol. The molecule has 0 radical (unpaired) electrons. The van der Waals surface area contributed by atoms with E-state index in [0.29, 0.717) is 17.2 Å². The molecule has 0 heterocycles. The lowest BCUT2D eigenvalue weighted by Crippen LogP contribution is -2.07. The Balaban J connectivity index is 2.91. The van der Waals surface area contributed by atoms with Gasteiger partial charge in [-0.2, -0.15) is 0 Å². The Labute approximate surface area is 113 Å². The SMILES string of the molecule is CCCS(=O)(=O)c1ccccc1SCCCCl. The van der Waals surface area contributed by atoms with Crippen LogP contribution >= 0.6 is 23.4 Å². The fraction of sp³-hybridized carbons (Fsp3) is 0.500. The minimum Gasteiger partial charge on any atom is -0.224 e. The highest BCUT2D eigenvalue weighted by Crippen LogP contribution is 2.28. The number of hydrogen-bond acceptors (Lipinski definition) is 3. The van der Waals surface area contributed by atoms with Gasteiger partial charge in [0.15, 0.2) is 9.84 Å². The maximum absolute atomic E-state index is 12.0. The summed E-state index contributed by atoms with van der Waals surface area (Å²) in [6.07, 6.45) is 1.53. The molecule has 17 heavy (non-hydrogen) atoms. The molecule has 5 heteroatoms. The third-order valence-electron chi connectivity index (χ3n) is 2.19. The Kier molecular flexibility index (Phi) is 6.38. The van der Waals surface area contributed by atoms with E-state index in [1.165, 1.54) is 0 Å². The smallest absolute Gasteiger partial charge is 0.179 e. The molecule has 0 aromatic heterocycles. The molecule has 2 nitrogen and oxygen atoms in total. The number of rotatable bonds is 7. The molecule has 0 aliphatic rings. The summed E-state index contributed by atoms with van der Waals surface area (Å²) in [5.41, 5.74) is 0. The molecule has 0 saturated carbocycles. The molecule has 96 valence electrons. The van der Waals surface area contributed by atoms with Crippen LogP contribution in [-0.2, 0) is 9.84 Å². The fourth-order valence-corrected chi connectivity index (χ4v) is 4.60. The first-order valence-electron chi connectivity index (χ1n) is 5.62. The van der Waals surface area contributed by atoms with E-state index < -0.39 is 9.84 Å². The standard InChI is InChI=1S/C12H17ClO2S2/c1-2-10-17(14,15)12-7-4-3-6-11(12)16-9-5-8-13/h3-4,6-7H,2,5,8-10H2,1H3. The van der Waals surface area contributed by atoms with Gasteiger partial charge in [0.05, 0.1) is 10.6 Å². The number of sulfone groups is 1. The van der Waals surface area contributed by atoms with Crippen molar-refractivity contribution in [3.05, 3.63) is 24.3 Å². The van der Waals surface area contributed by atoms with Crippen molar-refractivity contribution in [3.8, 4) is 0 Å². The second kappa shape index (κ2) is 7.29. The van der Waals surface area contributed by atoms with E-state index >= 15 is 0 Å². The van der Waals surface area contributed by atoms with Gasteiger partial charge in [-0.05, 0) is 30.7 Å². The summed E-state index contributed by atoms with van der Waals surface area (Å²) in [7, 11) is -3.13. The van der Waals surface area contributed by atoms with Gasteiger partial charge in [0.2, 0.25) is 0 Å². The van der Waals surface area contributed by atoms with Crippen LogP contribution in [0, 0.1) is 0 Å². The minimum atomic E-state index is -3.13. The van der Waals surface area contributed by atoms with Gasteiger partial charge in [0, 0.05) is 10.8 Å². The molecule has 0 spiro atoms. The van der Waals surface area contributed by atoms with Gasteiger partial charge in [-0.25, -0.2) is 8.42 Å². The van der Waals surface area contributed by atoms with Crippen molar-refractivity contribution in [1.82, 2.24) is 0 Å². The second-order valence-corrected chi connectivity index (χ2v) is 7.25. The Bertz CT molecular complexity index is 444. The van der Waals surface area contributed by atoms with Crippen LogP contribution in [0.15, 0.2) is 34.1 Å². The summed E-state index contributed by atoms with van der Waals surface area (Å²) in [6, 6.07) is 7.19. The highest BCUT2D eigenvalue weighted by Gasteiger charge is 2.17. The summed E-state index contributed by atoms with van der Waals surface area (Å²) < 4.78 is 24.1. The van der Waals surface area contributed by atoms with Crippen LogP contribution in [0.4, 0.5) is 0 Å². The van der Waals surface area contributed by atoms with E-state index in [1.54, 1.807) is 23.9 Å². The number of alkyl halides is 1. The molecular weight excluding hydrogens is 276 g/mol. The van der Waals surface area contributed by atoms with Gasteiger partial charge in [-0.15, -0.1) is 23.4 Å². The Morgan fingerprint density at radius 3 is 2.65 bits per heavy atom. The molecule has 0 aliphatic carbocycles. The summed E-state index contributed by atoms with van der Waals surface area (Å²) in [5.74, 6) is 1.67. The van der Waals surface area contributed by atoms with Crippen molar-refractivity contribution in [2.45, 2.75) is 29.6 Å². The number of thioether (sulfide) groups is 1. The highest BCUT2D eigenvalue weighted by atomic mass is 35.5. The van der Waals surface area contributed by atoms with E-state index in [4.69, 9.17) is 11.6 Å². The van der Waals surface area contributed by atoms with Crippen LogP contribution in [0.2, 0.25) is 0 Å². The lowest BCUT2D eigenvalue weighted by molar-refractivity contribution is 0.592.